The molecule has 1 aromatic rings. The van der Waals surface area contributed by atoms with Crippen LogP contribution in [0.1, 0.15) is 5.56 Å². The molecule has 1 N–H and O–H groups in total. The van der Waals surface area contributed by atoms with E-state index in [0.29, 0.717) is 20.8 Å². The Bertz CT molecular complexity index is 400. The van der Waals surface area contributed by atoms with Gasteiger partial charge in [-0.15, -0.1) is 0 Å². The van der Waals surface area contributed by atoms with Gasteiger partial charge in [-0.1, -0.05) is 41.0 Å². The fourth-order valence-corrected chi connectivity index (χ4v) is 1.77. The van der Waals surface area contributed by atoms with Crippen molar-refractivity contribution < 1.29 is 0 Å². The minimum atomic E-state index is 0.347. The van der Waals surface area contributed by atoms with E-state index in [1.165, 1.54) is 16.8 Å². The van der Waals surface area contributed by atoms with Crippen molar-refractivity contribution in [2.45, 2.75) is 0 Å². The molecule has 6 heteroatoms. The van der Waals surface area contributed by atoms with Crippen molar-refractivity contribution >= 4 is 46.3 Å². The van der Waals surface area contributed by atoms with Crippen molar-refractivity contribution in [2.24, 2.45) is 5.10 Å². The SMILES string of the molecule is CSC(=N)N(C)N=Cc1c(Cl)cccc1Cl. The van der Waals surface area contributed by atoms with Crippen LogP contribution >= 0.6 is 35.0 Å². The highest BCUT2D eigenvalue weighted by Gasteiger charge is 2.03. The molecule has 86 valence electrons. The van der Waals surface area contributed by atoms with E-state index in [1.807, 2.05) is 6.26 Å². The number of rotatable bonds is 2. The van der Waals surface area contributed by atoms with Crippen LogP contribution < -0.4 is 0 Å². The molecule has 0 heterocycles. The van der Waals surface area contributed by atoms with E-state index in [9.17, 15) is 0 Å². The zero-order chi connectivity index (χ0) is 12.1. The Balaban J connectivity index is 2.88. The molecule has 0 aliphatic carbocycles. The summed E-state index contributed by atoms with van der Waals surface area (Å²) in [5, 5.41) is 14.5. The lowest BCUT2D eigenvalue weighted by molar-refractivity contribution is 0.556. The van der Waals surface area contributed by atoms with Gasteiger partial charge in [-0.3, -0.25) is 5.41 Å². The van der Waals surface area contributed by atoms with Gasteiger partial charge in [0.2, 0.25) is 0 Å². The summed E-state index contributed by atoms with van der Waals surface area (Å²) in [6.45, 7) is 0. The van der Waals surface area contributed by atoms with Gasteiger partial charge in [0.05, 0.1) is 16.3 Å². The molecular formula is C10H11Cl2N3S. The molecule has 0 aromatic heterocycles. The maximum absolute atomic E-state index is 7.53. The number of amidine groups is 1. The van der Waals surface area contributed by atoms with E-state index in [-0.39, 0.29) is 0 Å². The number of thioether (sulfide) groups is 1. The molecule has 0 bridgehead atoms. The second kappa shape index (κ2) is 6.13. The number of hydrazone groups is 1. The van der Waals surface area contributed by atoms with Gasteiger partial charge >= 0.3 is 0 Å². The quantitative estimate of drug-likeness (QED) is 0.509. The van der Waals surface area contributed by atoms with Crippen molar-refractivity contribution in [2.75, 3.05) is 13.3 Å². The minimum Gasteiger partial charge on any atom is -0.277 e. The highest BCUT2D eigenvalue weighted by molar-refractivity contribution is 8.13. The van der Waals surface area contributed by atoms with Crippen LogP contribution in [0, 0.1) is 5.41 Å². The summed E-state index contributed by atoms with van der Waals surface area (Å²) in [7, 11) is 1.69. The number of nitrogens with one attached hydrogen (secondary N) is 1. The predicted molar refractivity (Wildman–Crippen MR) is 73.1 cm³/mol. The summed E-state index contributed by atoms with van der Waals surface area (Å²) in [6.07, 6.45) is 3.37. The molecule has 16 heavy (non-hydrogen) atoms. The van der Waals surface area contributed by atoms with E-state index in [0.717, 1.165) is 0 Å². The summed E-state index contributed by atoms with van der Waals surface area (Å²) < 4.78 is 0. The summed E-state index contributed by atoms with van der Waals surface area (Å²) in [4.78, 5) is 0. The molecule has 1 rings (SSSR count). The number of hydrogen-bond donors (Lipinski definition) is 1. The molecule has 0 aliphatic rings. The van der Waals surface area contributed by atoms with Gasteiger partial charge in [0.15, 0.2) is 5.17 Å². The number of halogens is 2. The van der Waals surface area contributed by atoms with Gasteiger partial charge in [0, 0.05) is 12.6 Å². The van der Waals surface area contributed by atoms with Crippen molar-refractivity contribution in [3.8, 4) is 0 Å². The summed E-state index contributed by atoms with van der Waals surface area (Å²) >= 11 is 13.3. The van der Waals surface area contributed by atoms with Crippen LogP contribution in [0.3, 0.4) is 0 Å². The van der Waals surface area contributed by atoms with Gasteiger partial charge in [-0.25, -0.2) is 5.01 Å². The molecule has 3 nitrogen and oxygen atoms in total. The molecule has 0 amide bonds. The molecule has 1 aromatic carbocycles. The Morgan fingerprint density at radius 1 is 1.44 bits per heavy atom. The van der Waals surface area contributed by atoms with E-state index in [2.05, 4.69) is 5.10 Å². The third kappa shape index (κ3) is 3.40. The Morgan fingerprint density at radius 2 is 2.00 bits per heavy atom. The standard InChI is InChI=1S/C10H11Cl2N3S/c1-15(10(13)16-2)14-6-7-8(11)4-3-5-9(7)12/h3-6,13H,1-2H3. The lowest BCUT2D eigenvalue weighted by Gasteiger charge is -2.11. The molecule has 0 unspecified atom stereocenters. The monoisotopic (exact) mass is 275 g/mol. The molecule has 0 fully saturated rings. The summed E-state index contributed by atoms with van der Waals surface area (Å²) in [5.74, 6) is 0. The first-order valence-electron chi connectivity index (χ1n) is 4.40. The molecule has 0 radical (unpaired) electrons. The summed E-state index contributed by atoms with van der Waals surface area (Å²) in [5.41, 5.74) is 0.659. The van der Waals surface area contributed by atoms with E-state index in [1.54, 1.807) is 31.5 Å². The third-order valence-electron chi connectivity index (χ3n) is 1.85. The van der Waals surface area contributed by atoms with Crippen LogP contribution in [0.15, 0.2) is 23.3 Å². The normalized spacial score (nSPS) is 10.8. The molecule has 0 spiro atoms. The van der Waals surface area contributed by atoms with Gasteiger partial charge in [-0.2, -0.15) is 5.10 Å². The van der Waals surface area contributed by atoms with Crippen molar-refractivity contribution in [1.82, 2.24) is 5.01 Å². The van der Waals surface area contributed by atoms with Crippen LogP contribution in [0.25, 0.3) is 0 Å². The maximum Gasteiger partial charge on any atom is 0.176 e. The lowest BCUT2D eigenvalue weighted by atomic mass is 10.2. The maximum atomic E-state index is 7.53. The van der Waals surface area contributed by atoms with Gasteiger partial charge in [0.25, 0.3) is 0 Å². The highest BCUT2D eigenvalue weighted by atomic mass is 35.5. The molecule has 0 aliphatic heterocycles. The predicted octanol–water partition coefficient (Wildman–Crippen LogP) is 3.56. The molecular weight excluding hydrogens is 265 g/mol. The van der Waals surface area contributed by atoms with E-state index >= 15 is 0 Å². The summed E-state index contributed by atoms with van der Waals surface area (Å²) in [6, 6.07) is 5.26. The fourth-order valence-electron chi connectivity index (χ4n) is 0.963. The highest BCUT2D eigenvalue weighted by Crippen LogP contribution is 2.22. The van der Waals surface area contributed by atoms with Crippen molar-refractivity contribution in [1.29, 1.82) is 5.41 Å². The van der Waals surface area contributed by atoms with Gasteiger partial charge in [-0.05, 0) is 18.4 Å². The van der Waals surface area contributed by atoms with Crippen molar-refractivity contribution in [3.05, 3.63) is 33.8 Å². The number of benzene rings is 1. The second-order valence-electron chi connectivity index (χ2n) is 2.91. The third-order valence-corrected chi connectivity index (χ3v) is 3.16. The lowest BCUT2D eigenvalue weighted by Crippen LogP contribution is -2.16. The van der Waals surface area contributed by atoms with Crippen molar-refractivity contribution in [3.63, 3.8) is 0 Å². The first-order chi connectivity index (χ1) is 7.56. The first kappa shape index (κ1) is 13.4. The second-order valence-corrected chi connectivity index (χ2v) is 4.52. The largest absolute Gasteiger partial charge is 0.277 e. The molecule has 0 saturated heterocycles. The Hall–Kier alpha value is -0.710. The van der Waals surface area contributed by atoms with Crippen LogP contribution in [-0.2, 0) is 0 Å². The zero-order valence-corrected chi connectivity index (χ0v) is 11.2. The van der Waals surface area contributed by atoms with Gasteiger partial charge in [0.1, 0.15) is 0 Å². The first-order valence-corrected chi connectivity index (χ1v) is 6.38. The van der Waals surface area contributed by atoms with Crippen LogP contribution in [0.4, 0.5) is 0 Å². The average Bonchev–Trinajstić information content (AvgIpc) is 2.27. The molecule has 0 atom stereocenters. The fraction of sp³-hybridized carbons (Fsp3) is 0.200. The minimum absolute atomic E-state index is 0.347. The van der Waals surface area contributed by atoms with Gasteiger partial charge < -0.3 is 0 Å². The van der Waals surface area contributed by atoms with Crippen LogP contribution in [0.5, 0.6) is 0 Å². The Morgan fingerprint density at radius 3 is 2.50 bits per heavy atom. The van der Waals surface area contributed by atoms with E-state index in [4.69, 9.17) is 28.6 Å². The molecule has 0 saturated carbocycles. The van der Waals surface area contributed by atoms with Crippen LogP contribution in [-0.4, -0.2) is 29.7 Å². The smallest absolute Gasteiger partial charge is 0.176 e. The van der Waals surface area contributed by atoms with Crippen LogP contribution in [0.2, 0.25) is 10.0 Å². The number of nitrogens with zero attached hydrogens (tertiary/aromatic N) is 2. The number of hydrogen-bond acceptors (Lipinski definition) is 3. The topological polar surface area (TPSA) is 39.5 Å². The average molecular weight is 276 g/mol. The Labute approximate surface area is 109 Å². The Kier molecular flexibility index (Phi) is 5.12. The van der Waals surface area contributed by atoms with E-state index < -0.39 is 0 Å². The zero-order valence-electron chi connectivity index (χ0n) is 8.87.